The van der Waals surface area contributed by atoms with E-state index in [-0.39, 0.29) is 18.5 Å². The van der Waals surface area contributed by atoms with Crippen LogP contribution in [-0.4, -0.2) is 47.4 Å². The fraction of sp³-hybridized carbons (Fsp3) is 0.925. The zero-order chi connectivity index (χ0) is 62.0. The molecule has 0 saturated heterocycles. The van der Waals surface area contributed by atoms with Crippen LogP contribution in [0.2, 0.25) is 0 Å². The van der Waals surface area contributed by atoms with Gasteiger partial charge < -0.3 is 20.3 Å². The maximum atomic E-state index is 12.5. The van der Waals surface area contributed by atoms with Crippen LogP contribution in [0.3, 0.4) is 0 Å². The van der Waals surface area contributed by atoms with E-state index in [9.17, 15) is 19.8 Å². The minimum absolute atomic E-state index is 0.0243. The van der Waals surface area contributed by atoms with E-state index in [1.165, 1.54) is 385 Å². The molecule has 0 aromatic rings. The van der Waals surface area contributed by atoms with Crippen molar-refractivity contribution in [2.45, 2.75) is 463 Å². The summed E-state index contributed by atoms with van der Waals surface area (Å²) >= 11 is 0. The van der Waals surface area contributed by atoms with Crippen molar-refractivity contribution in [3.05, 3.63) is 24.3 Å². The Morgan fingerprint density at radius 2 is 0.547 bits per heavy atom. The Morgan fingerprint density at radius 3 is 0.826 bits per heavy atom. The maximum Gasteiger partial charge on any atom is 0.305 e. The summed E-state index contributed by atoms with van der Waals surface area (Å²) in [5.74, 6) is -0.0369. The monoisotopic (exact) mass is 1210 g/mol. The first-order valence-corrected chi connectivity index (χ1v) is 39.6. The van der Waals surface area contributed by atoms with Crippen molar-refractivity contribution < 1.29 is 24.5 Å². The van der Waals surface area contributed by atoms with Crippen LogP contribution in [-0.2, 0) is 14.3 Å². The highest BCUT2D eigenvalue weighted by Gasteiger charge is 2.18. The molecule has 2 unspecified atom stereocenters. The number of ether oxygens (including phenoxy) is 1. The molecule has 3 N–H and O–H groups in total. The van der Waals surface area contributed by atoms with Crippen LogP contribution in [0.25, 0.3) is 0 Å². The molecule has 0 spiro atoms. The van der Waals surface area contributed by atoms with Gasteiger partial charge in [-0.05, 0) is 57.8 Å². The highest BCUT2D eigenvalue weighted by atomic mass is 16.5. The molecule has 0 bridgehead atoms. The summed E-state index contributed by atoms with van der Waals surface area (Å²) in [7, 11) is 0. The van der Waals surface area contributed by atoms with Gasteiger partial charge in [-0.3, -0.25) is 9.59 Å². The van der Waals surface area contributed by atoms with Gasteiger partial charge in [-0.2, -0.15) is 0 Å². The van der Waals surface area contributed by atoms with E-state index >= 15 is 0 Å². The SMILES string of the molecule is CCCCCCCCCCCCCCCCC/C=C/C(O)C(CO)NC(=O)CCCCCCCCCCCCCCCCCCC/C=C\CCCCCCCCCCCCCCOC(=O)CCCCCCCCCCCCCCCCCCCCC. The molecule has 2 atom stereocenters. The Bertz CT molecular complexity index is 1350. The van der Waals surface area contributed by atoms with E-state index in [1.54, 1.807) is 6.08 Å². The third-order valence-electron chi connectivity index (χ3n) is 18.7. The normalized spacial score (nSPS) is 12.6. The zero-order valence-corrected chi connectivity index (χ0v) is 58.6. The highest BCUT2D eigenvalue weighted by molar-refractivity contribution is 5.76. The van der Waals surface area contributed by atoms with Crippen LogP contribution in [0, 0.1) is 0 Å². The van der Waals surface area contributed by atoms with Crippen LogP contribution in [0.1, 0.15) is 450 Å². The number of hydrogen-bond acceptors (Lipinski definition) is 5. The van der Waals surface area contributed by atoms with Crippen molar-refractivity contribution >= 4 is 11.9 Å². The summed E-state index contributed by atoms with van der Waals surface area (Å²) in [6.07, 6.45) is 97.3. The first kappa shape index (κ1) is 84.3. The van der Waals surface area contributed by atoms with Crippen molar-refractivity contribution in [1.29, 1.82) is 0 Å². The van der Waals surface area contributed by atoms with Crippen LogP contribution < -0.4 is 5.32 Å². The fourth-order valence-electron chi connectivity index (χ4n) is 12.7. The molecule has 0 saturated carbocycles. The molecule has 0 aromatic carbocycles. The molecule has 0 aliphatic carbocycles. The summed E-state index contributed by atoms with van der Waals surface area (Å²) in [4.78, 5) is 24.6. The van der Waals surface area contributed by atoms with Crippen molar-refractivity contribution in [1.82, 2.24) is 5.32 Å². The molecule has 0 radical (unpaired) electrons. The second-order valence-electron chi connectivity index (χ2n) is 27.4. The molecule has 1 amide bonds. The number of unbranched alkanes of at least 4 members (excludes halogenated alkanes) is 62. The van der Waals surface area contributed by atoms with Crippen LogP contribution >= 0.6 is 0 Å². The topological polar surface area (TPSA) is 95.9 Å². The molecule has 86 heavy (non-hydrogen) atoms. The summed E-state index contributed by atoms with van der Waals surface area (Å²) in [6.45, 7) is 4.96. The van der Waals surface area contributed by atoms with E-state index in [4.69, 9.17) is 4.74 Å². The number of carbonyl (C=O) groups is 2. The van der Waals surface area contributed by atoms with Crippen molar-refractivity contribution in [3.63, 3.8) is 0 Å². The van der Waals surface area contributed by atoms with Gasteiger partial charge in [0.25, 0.3) is 0 Å². The molecule has 0 heterocycles. The molecule has 0 fully saturated rings. The number of esters is 1. The molecular formula is C80H155NO5. The van der Waals surface area contributed by atoms with Gasteiger partial charge in [-0.15, -0.1) is 0 Å². The van der Waals surface area contributed by atoms with Crippen LogP contribution in [0.4, 0.5) is 0 Å². The Kier molecular flexibility index (Phi) is 74.3. The largest absolute Gasteiger partial charge is 0.466 e. The standard InChI is InChI=1S/C80H155NO5/c1-3-5-7-9-11-13-15-17-19-21-37-42-46-50-54-58-62-66-70-74-80(85)86-75-71-67-63-59-55-51-47-43-39-36-34-32-30-28-26-24-22-23-25-27-29-31-33-35-38-41-45-49-53-57-61-65-69-73-79(84)81-77(76-82)78(83)72-68-64-60-56-52-48-44-40-20-18-16-14-12-10-8-6-4-2/h26,28,68,72,77-78,82-83H,3-25,27,29-67,69-71,73-76H2,1-2H3,(H,81,84)/b28-26-,72-68+. The predicted molar refractivity (Wildman–Crippen MR) is 380 cm³/mol. The summed E-state index contributed by atoms with van der Waals surface area (Å²) < 4.78 is 5.52. The zero-order valence-electron chi connectivity index (χ0n) is 58.6. The van der Waals surface area contributed by atoms with E-state index in [0.29, 0.717) is 19.4 Å². The predicted octanol–water partition coefficient (Wildman–Crippen LogP) is 26.0. The number of nitrogens with one attached hydrogen (secondary N) is 1. The molecular weight excluding hydrogens is 1050 g/mol. The lowest BCUT2D eigenvalue weighted by molar-refractivity contribution is -0.143. The van der Waals surface area contributed by atoms with Gasteiger partial charge in [0.2, 0.25) is 5.91 Å². The van der Waals surface area contributed by atoms with E-state index in [0.717, 1.165) is 38.5 Å². The highest BCUT2D eigenvalue weighted by Crippen LogP contribution is 2.20. The van der Waals surface area contributed by atoms with E-state index in [1.807, 2.05) is 6.08 Å². The minimum Gasteiger partial charge on any atom is -0.466 e. The number of hydrogen-bond donors (Lipinski definition) is 3. The lowest BCUT2D eigenvalue weighted by Crippen LogP contribution is -2.45. The van der Waals surface area contributed by atoms with E-state index in [2.05, 4.69) is 31.3 Å². The second kappa shape index (κ2) is 75.8. The van der Waals surface area contributed by atoms with Crippen LogP contribution in [0.5, 0.6) is 0 Å². The summed E-state index contributed by atoms with van der Waals surface area (Å²) in [5, 5.41) is 23.2. The first-order valence-electron chi connectivity index (χ1n) is 39.6. The molecule has 0 aromatic heterocycles. The number of rotatable bonds is 75. The first-order chi connectivity index (χ1) is 42.5. The molecule has 0 aliphatic rings. The second-order valence-corrected chi connectivity index (χ2v) is 27.4. The number of aliphatic hydroxyl groups excluding tert-OH is 2. The lowest BCUT2D eigenvalue weighted by Gasteiger charge is -2.20. The van der Waals surface area contributed by atoms with Gasteiger partial charge in [-0.1, -0.05) is 404 Å². The number of aliphatic hydroxyl groups is 2. The van der Waals surface area contributed by atoms with Gasteiger partial charge in [0.15, 0.2) is 0 Å². The third kappa shape index (κ3) is 71.4. The number of allylic oxidation sites excluding steroid dienone is 3. The van der Waals surface area contributed by atoms with Crippen LogP contribution in [0.15, 0.2) is 24.3 Å². The number of amides is 1. The number of carbonyl (C=O) groups excluding carboxylic acids is 2. The van der Waals surface area contributed by atoms with Gasteiger partial charge >= 0.3 is 5.97 Å². The minimum atomic E-state index is -0.842. The lowest BCUT2D eigenvalue weighted by atomic mass is 10.0. The Hall–Kier alpha value is -1.66. The van der Waals surface area contributed by atoms with Gasteiger partial charge in [0.05, 0.1) is 25.4 Å². The molecule has 0 rings (SSSR count). The van der Waals surface area contributed by atoms with Crippen molar-refractivity contribution in [3.8, 4) is 0 Å². The Balaban J connectivity index is 3.34. The van der Waals surface area contributed by atoms with Gasteiger partial charge in [0, 0.05) is 12.8 Å². The average molecular weight is 1210 g/mol. The molecule has 6 nitrogen and oxygen atoms in total. The quantitative estimate of drug-likeness (QED) is 0.0320. The molecule has 510 valence electrons. The summed E-state index contributed by atoms with van der Waals surface area (Å²) in [6, 6.07) is -0.626. The molecule has 0 aliphatic heterocycles. The van der Waals surface area contributed by atoms with Crippen molar-refractivity contribution in [2.24, 2.45) is 0 Å². The Labute approximate surface area is 539 Å². The maximum absolute atomic E-state index is 12.5. The van der Waals surface area contributed by atoms with Gasteiger partial charge in [-0.25, -0.2) is 0 Å². The van der Waals surface area contributed by atoms with Gasteiger partial charge in [0.1, 0.15) is 0 Å². The van der Waals surface area contributed by atoms with E-state index < -0.39 is 12.1 Å². The fourth-order valence-corrected chi connectivity index (χ4v) is 12.7. The summed E-state index contributed by atoms with van der Waals surface area (Å²) in [5.41, 5.74) is 0. The molecule has 6 heteroatoms. The third-order valence-corrected chi connectivity index (χ3v) is 18.7. The smallest absolute Gasteiger partial charge is 0.305 e. The Morgan fingerprint density at radius 1 is 0.314 bits per heavy atom. The average Bonchev–Trinajstić information content (AvgIpc) is 3.54. The van der Waals surface area contributed by atoms with Crippen molar-refractivity contribution in [2.75, 3.05) is 13.2 Å².